The van der Waals surface area contributed by atoms with Crippen molar-refractivity contribution in [1.82, 2.24) is 0 Å². The molecule has 0 aromatic heterocycles. The molecule has 6 heteroatoms. The van der Waals surface area contributed by atoms with Crippen LogP contribution < -0.4 is 10.6 Å². The first-order valence-electron chi connectivity index (χ1n) is 6.27. The van der Waals surface area contributed by atoms with Crippen LogP contribution in [0.2, 0.25) is 5.02 Å². The zero-order valence-corrected chi connectivity index (χ0v) is 11.8. The van der Waals surface area contributed by atoms with E-state index in [1.807, 2.05) is 0 Å². The van der Waals surface area contributed by atoms with Crippen molar-refractivity contribution >= 4 is 28.9 Å². The molecule has 0 radical (unpaired) electrons. The number of anilines is 2. The molecule has 110 valence electrons. The van der Waals surface area contributed by atoms with Crippen LogP contribution >= 0.6 is 11.6 Å². The van der Waals surface area contributed by atoms with Crippen molar-refractivity contribution < 1.29 is 14.3 Å². The van der Waals surface area contributed by atoms with E-state index in [0.717, 1.165) is 6.07 Å². The molecule has 0 aliphatic carbocycles. The number of carbonyl (C=O) groups excluding carboxylic acids is 1. The summed E-state index contributed by atoms with van der Waals surface area (Å²) in [5, 5.41) is 9.10. The molecular formula is C15H14ClFN2O2. The van der Waals surface area contributed by atoms with Gasteiger partial charge in [-0.1, -0.05) is 23.7 Å². The highest BCUT2D eigenvalue weighted by atomic mass is 35.5. The van der Waals surface area contributed by atoms with Crippen LogP contribution in [0.4, 0.5) is 15.8 Å². The minimum atomic E-state index is -0.674. The van der Waals surface area contributed by atoms with E-state index in [1.165, 1.54) is 17.0 Å². The number of aliphatic hydroxyl groups excluding tert-OH is 1. The van der Waals surface area contributed by atoms with E-state index in [9.17, 15) is 9.18 Å². The van der Waals surface area contributed by atoms with Crippen molar-refractivity contribution in [1.29, 1.82) is 0 Å². The predicted molar refractivity (Wildman–Crippen MR) is 81.0 cm³/mol. The largest absolute Gasteiger partial charge is 0.397 e. The van der Waals surface area contributed by atoms with Crippen molar-refractivity contribution in [2.75, 3.05) is 23.8 Å². The number of amides is 1. The van der Waals surface area contributed by atoms with E-state index in [1.54, 1.807) is 24.3 Å². The fourth-order valence-electron chi connectivity index (χ4n) is 1.95. The zero-order valence-electron chi connectivity index (χ0n) is 11.1. The molecule has 2 aromatic carbocycles. The van der Waals surface area contributed by atoms with Gasteiger partial charge in [-0.2, -0.15) is 0 Å². The number of hydrogen-bond donors (Lipinski definition) is 2. The number of halogens is 2. The Bertz CT molecular complexity index is 664. The molecule has 0 saturated carbocycles. The van der Waals surface area contributed by atoms with Crippen molar-refractivity contribution in [3.05, 3.63) is 58.9 Å². The average Bonchev–Trinajstić information content (AvgIpc) is 2.48. The first-order chi connectivity index (χ1) is 10.0. The summed E-state index contributed by atoms with van der Waals surface area (Å²) in [5.41, 5.74) is 6.85. The molecule has 0 spiro atoms. The minimum Gasteiger partial charge on any atom is -0.397 e. The van der Waals surface area contributed by atoms with Gasteiger partial charge < -0.3 is 15.7 Å². The van der Waals surface area contributed by atoms with Crippen LogP contribution in [0, 0.1) is 5.82 Å². The Kier molecular flexibility index (Phi) is 4.77. The smallest absolute Gasteiger partial charge is 0.258 e. The van der Waals surface area contributed by atoms with Crippen molar-refractivity contribution in [2.45, 2.75) is 0 Å². The van der Waals surface area contributed by atoms with Crippen LogP contribution in [0.1, 0.15) is 10.4 Å². The summed E-state index contributed by atoms with van der Waals surface area (Å²) >= 11 is 5.61. The monoisotopic (exact) mass is 308 g/mol. The van der Waals surface area contributed by atoms with Crippen LogP contribution in [0.25, 0.3) is 0 Å². The second-order valence-corrected chi connectivity index (χ2v) is 4.78. The second-order valence-electron chi connectivity index (χ2n) is 4.37. The lowest BCUT2D eigenvalue weighted by atomic mass is 10.1. The maximum Gasteiger partial charge on any atom is 0.258 e. The number of rotatable bonds is 4. The third-order valence-electron chi connectivity index (χ3n) is 2.96. The SMILES string of the molecule is Nc1ccccc1N(CCO)C(=O)c1ccc(Cl)c(F)c1. The molecule has 2 aromatic rings. The number of nitrogens with zero attached hydrogens (tertiary/aromatic N) is 1. The van der Waals surface area contributed by atoms with Gasteiger partial charge in [0.05, 0.1) is 23.0 Å². The first-order valence-corrected chi connectivity index (χ1v) is 6.64. The molecule has 0 atom stereocenters. The number of nitrogen functional groups attached to an aromatic ring is 1. The lowest BCUT2D eigenvalue weighted by molar-refractivity contribution is 0.0980. The van der Waals surface area contributed by atoms with Crippen molar-refractivity contribution in [3.8, 4) is 0 Å². The van der Waals surface area contributed by atoms with E-state index in [-0.39, 0.29) is 23.7 Å². The van der Waals surface area contributed by atoms with Gasteiger partial charge in [0.15, 0.2) is 0 Å². The standard InChI is InChI=1S/C15H14ClFN2O2/c16-11-6-5-10(9-12(11)17)15(21)19(7-8-20)14-4-2-1-3-13(14)18/h1-6,9,20H,7-8,18H2. The Balaban J connectivity index is 2.40. The highest BCUT2D eigenvalue weighted by Crippen LogP contribution is 2.25. The molecule has 1 amide bonds. The topological polar surface area (TPSA) is 66.6 Å². The summed E-state index contributed by atoms with van der Waals surface area (Å²) in [5.74, 6) is -1.13. The highest BCUT2D eigenvalue weighted by molar-refractivity contribution is 6.30. The Morgan fingerprint density at radius 2 is 2.00 bits per heavy atom. The predicted octanol–water partition coefficient (Wildman–Crippen LogP) is 2.70. The summed E-state index contributed by atoms with van der Waals surface area (Å²) in [4.78, 5) is 13.8. The molecule has 0 aliphatic rings. The lowest BCUT2D eigenvalue weighted by Crippen LogP contribution is -2.34. The molecule has 0 aliphatic heterocycles. The fourth-order valence-corrected chi connectivity index (χ4v) is 2.07. The Morgan fingerprint density at radius 3 is 2.62 bits per heavy atom. The van der Waals surface area contributed by atoms with Crippen LogP contribution in [0.5, 0.6) is 0 Å². The van der Waals surface area contributed by atoms with Gasteiger partial charge in [0.25, 0.3) is 5.91 Å². The molecule has 0 fully saturated rings. The molecule has 3 N–H and O–H groups in total. The number of nitrogens with two attached hydrogens (primary N) is 1. The summed E-state index contributed by atoms with van der Waals surface area (Å²) in [6.07, 6.45) is 0. The zero-order chi connectivity index (χ0) is 15.4. The number of para-hydroxylation sites is 2. The number of aliphatic hydroxyl groups is 1. The summed E-state index contributed by atoms with van der Waals surface area (Å²) in [6.45, 7) is -0.187. The molecule has 0 heterocycles. The maximum atomic E-state index is 13.5. The van der Waals surface area contributed by atoms with Gasteiger partial charge in [-0.15, -0.1) is 0 Å². The Morgan fingerprint density at radius 1 is 1.29 bits per heavy atom. The van der Waals surface area contributed by atoms with Gasteiger partial charge >= 0.3 is 0 Å². The molecule has 0 unspecified atom stereocenters. The van der Waals surface area contributed by atoms with Gasteiger partial charge in [0.1, 0.15) is 5.82 Å². The van der Waals surface area contributed by atoms with Gasteiger partial charge in [0.2, 0.25) is 0 Å². The summed E-state index contributed by atoms with van der Waals surface area (Å²) in [7, 11) is 0. The number of hydrogen-bond acceptors (Lipinski definition) is 3. The Labute approximate surface area is 126 Å². The second kappa shape index (κ2) is 6.56. The number of benzene rings is 2. The van der Waals surface area contributed by atoms with E-state index in [0.29, 0.717) is 11.4 Å². The van der Waals surface area contributed by atoms with E-state index >= 15 is 0 Å². The lowest BCUT2D eigenvalue weighted by Gasteiger charge is -2.23. The quantitative estimate of drug-likeness (QED) is 0.853. The molecule has 21 heavy (non-hydrogen) atoms. The third-order valence-corrected chi connectivity index (χ3v) is 3.27. The summed E-state index contributed by atoms with van der Waals surface area (Å²) in [6, 6.07) is 10.6. The van der Waals surface area contributed by atoms with E-state index in [4.69, 9.17) is 22.4 Å². The summed E-state index contributed by atoms with van der Waals surface area (Å²) < 4.78 is 13.5. The molecule has 2 rings (SSSR count). The first kappa shape index (κ1) is 15.3. The molecule has 0 bridgehead atoms. The van der Waals surface area contributed by atoms with Crippen molar-refractivity contribution in [2.24, 2.45) is 0 Å². The van der Waals surface area contributed by atoms with Gasteiger partial charge in [-0.05, 0) is 30.3 Å². The fraction of sp³-hybridized carbons (Fsp3) is 0.133. The van der Waals surface area contributed by atoms with Crippen LogP contribution in [-0.2, 0) is 0 Å². The third kappa shape index (κ3) is 3.32. The minimum absolute atomic E-state index is 0.0529. The Hall–Kier alpha value is -2.11. The van der Waals surface area contributed by atoms with Crippen molar-refractivity contribution in [3.63, 3.8) is 0 Å². The van der Waals surface area contributed by atoms with Crippen LogP contribution in [0.15, 0.2) is 42.5 Å². The average molecular weight is 309 g/mol. The van der Waals surface area contributed by atoms with Gasteiger partial charge in [-0.25, -0.2) is 4.39 Å². The maximum absolute atomic E-state index is 13.5. The van der Waals surface area contributed by atoms with E-state index < -0.39 is 11.7 Å². The van der Waals surface area contributed by atoms with Crippen LogP contribution in [0.3, 0.4) is 0 Å². The van der Waals surface area contributed by atoms with E-state index in [2.05, 4.69) is 0 Å². The van der Waals surface area contributed by atoms with Gasteiger partial charge in [0, 0.05) is 12.1 Å². The van der Waals surface area contributed by atoms with Crippen LogP contribution in [-0.4, -0.2) is 24.2 Å². The van der Waals surface area contributed by atoms with Gasteiger partial charge in [-0.3, -0.25) is 4.79 Å². The number of carbonyl (C=O) groups is 1. The molecule has 0 saturated heterocycles. The molecule has 4 nitrogen and oxygen atoms in total. The normalized spacial score (nSPS) is 10.4. The highest BCUT2D eigenvalue weighted by Gasteiger charge is 2.20. The molecular weight excluding hydrogens is 295 g/mol.